The van der Waals surface area contributed by atoms with E-state index in [2.05, 4.69) is 20.8 Å². The van der Waals surface area contributed by atoms with Crippen LogP contribution >= 0.6 is 11.6 Å². The fraction of sp³-hybridized carbons (Fsp3) is 1.00. The molecule has 0 rings (SSSR count). The minimum absolute atomic E-state index is 0.691. The molecule has 0 saturated carbocycles. The van der Waals surface area contributed by atoms with E-state index in [1.165, 1.54) is 6.42 Å². The average Bonchev–Trinajstić information content (AvgIpc) is 1.65. The van der Waals surface area contributed by atoms with Gasteiger partial charge in [0, 0.05) is 5.88 Å². The number of hydrogen-bond donors (Lipinski definition) is 0. The van der Waals surface area contributed by atoms with Gasteiger partial charge in [-0.25, -0.2) is 0 Å². The Bertz CT molecular complexity index is 50.3. The molecule has 0 saturated heterocycles. The predicted octanol–water partition coefficient (Wildman–Crippen LogP) is 2.91. The standard InChI is InChI=1S/C7H15Cl/c1-6(2)4-7(3)5-8/h6-7H,4-5H2,1-3H3/t7-/m1/s1. The van der Waals surface area contributed by atoms with E-state index < -0.39 is 0 Å². The van der Waals surface area contributed by atoms with Crippen LogP contribution in [0.15, 0.2) is 0 Å². The highest BCUT2D eigenvalue weighted by Gasteiger charge is 2.01. The van der Waals surface area contributed by atoms with E-state index in [1.54, 1.807) is 0 Å². The van der Waals surface area contributed by atoms with E-state index in [0.717, 1.165) is 11.8 Å². The molecule has 0 amide bonds. The SMILES string of the molecule is CC(C)C[C@@H](C)CCl. The number of halogens is 1. The van der Waals surface area contributed by atoms with Crippen molar-refractivity contribution in [1.82, 2.24) is 0 Å². The zero-order valence-corrected chi connectivity index (χ0v) is 6.70. The highest BCUT2D eigenvalue weighted by Crippen LogP contribution is 2.11. The lowest BCUT2D eigenvalue weighted by molar-refractivity contribution is 0.473. The van der Waals surface area contributed by atoms with Crippen molar-refractivity contribution in [3.05, 3.63) is 0 Å². The molecule has 0 unspecified atom stereocenters. The molecule has 0 bridgehead atoms. The van der Waals surface area contributed by atoms with E-state index in [9.17, 15) is 0 Å². The van der Waals surface area contributed by atoms with Gasteiger partial charge in [-0.1, -0.05) is 20.8 Å². The molecule has 1 atom stereocenters. The molecule has 0 aliphatic carbocycles. The van der Waals surface area contributed by atoms with E-state index in [0.29, 0.717) is 5.92 Å². The highest BCUT2D eigenvalue weighted by atomic mass is 35.5. The van der Waals surface area contributed by atoms with Gasteiger partial charge in [0.2, 0.25) is 0 Å². The van der Waals surface area contributed by atoms with Gasteiger partial charge in [-0.3, -0.25) is 0 Å². The van der Waals surface area contributed by atoms with Gasteiger partial charge in [0.1, 0.15) is 0 Å². The first-order chi connectivity index (χ1) is 3.66. The quantitative estimate of drug-likeness (QED) is 0.521. The molecule has 0 heterocycles. The molecule has 0 nitrogen and oxygen atoms in total. The molecule has 0 fully saturated rings. The number of rotatable bonds is 3. The summed E-state index contributed by atoms with van der Waals surface area (Å²) in [5, 5.41) is 0. The Morgan fingerprint density at radius 2 is 1.75 bits per heavy atom. The smallest absolute Gasteiger partial charge is 0.0249 e. The summed E-state index contributed by atoms with van der Waals surface area (Å²) in [4.78, 5) is 0. The van der Waals surface area contributed by atoms with Gasteiger partial charge in [-0.05, 0) is 18.3 Å². The fourth-order valence-electron chi connectivity index (χ4n) is 0.868. The molecule has 0 aromatic heterocycles. The minimum Gasteiger partial charge on any atom is -0.126 e. The summed E-state index contributed by atoms with van der Waals surface area (Å²) in [6.45, 7) is 6.64. The summed E-state index contributed by atoms with van der Waals surface area (Å²) in [6.07, 6.45) is 1.25. The van der Waals surface area contributed by atoms with Crippen LogP contribution in [-0.2, 0) is 0 Å². The molecular formula is C7H15Cl. The normalized spacial score (nSPS) is 14.6. The third-order valence-corrected chi connectivity index (χ3v) is 1.66. The van der Waals surface area contributed by atoms with Crippen LogP contribution < -0.4 is 0 Å². The van der Waals surface area contributed by atoms with Gasteiger partial charge < -0.3 is 0 Å². The van der Waals surface area contributed by atoms with Gasteiger partial charge in [0.05, 0.1) is 0 Å². The van der Waals surface area contributed by atoms with Gasteiger partial charge in [-0.15, -0.1) is 11.6 Å². The van der Waals surface area contributed by atoms with Crippen molar-refractivity contribution < 1.29 is 0 Å². The van der Waals surface area contributed by atoms with Crippen LogP contribution in [0.2, 0.25) is 0 Å². The zero-order valence-electron chi connectivity index (χ0n) is 5.95. The highest BCUT2D eigenvalue weighted by molar-refractivity contribution is 6.18. The van der Waals surface area contributed by atoms with Gasteiger partial charge in [-0.2, -0.15) is 0 Å². The molecular weight excluding hydrogens is 120 g/mol. The van der Waals surface area contributed by atoms with E-state index >= 15 is 0 Å². The third-order valence-electron chi connectivity index (χ3n) is 1.14. The topological polar surface area (TPSA) is 0 Å². The lowest BCUT2D eigenvalue weighted by Crippen LogP contribution is -2.00. The second-order valence-corrected chi connectivity index (χ2v) is 3.20. The second-order valence-electron chi connectivity index (χ2n) is 2.89. The second kappa shape index (κ2) is 4.20. The van der Waals surface area contributed by atoms with Crippen molar-refractivity contribution in [3.63, 3.8) is 0 Å². The Labute approximate surface area is 57.2 Å². The molecule has 0 radical (unpaired) electrons. The maximum atomic E-state index is 5.60. The third kappa shape index (κ3) is 4.45. The maximum Gasteiger partial charge on any atom is 0.0249 e. The van der Waals surface area contributed by atoms with Crippen LogP contribution in [0.1, 0.15) is 27.2 Å². The monoisotopic (exact) mass is 134 g/mol. The van der Waals surface area contributed by atoms with Crippen molar-refractivity contribution >= 4 is 11.6 Å². The Hall–Kier alpha value is 0.290. The minimum atomic E-state index is 0.691. The van der Waals surface area contributed by atoms with Crippen LogP contribution in [0, 0.1) is 11.8 Å². The molecule has 0 N–H and O–H groups in total. The molecule has 50 valence electrons. The summed E-state index contributed by atoms with van der Waals surface area (Å²) in [5.74, 6) is 2.29. The first-order valence-electron chi connectivity index (χ1n) is 3.22. The van der Waals surface area contributed by atoms with E-state index in [4.69, 9.17) is 11.6 Å². The van der Waals surface area contributed by atoms with Crippen LogP contribution in [0.5, 0.6) is 0 Å². The van der Waals surface area contributed by atoms with Crippen molar-refractivity contribution in [2.24, 2.45) is 11.8 Å². The summed E-state index contributed by atoms with van der Waals surface area (Å²) < 4.78 is 0. The molecule has 0 spiro atoms. The lowest BCUT2D eigenvalue weighted by atomic mass is 10.0. The van der Waals surface area contributed by atoms with E-state index in [1.807, 2.05) is 0 Å². The van der Waals surface area contributed by atoms with E-state index in [-0.39, 0.29) is 0 Å². The Balaban J connectivity index is 3.10. The summed E-state index contributed by atoms with van der Waals surface area (Å²) >= 11 is 5.60. The van der Waals surface area contributed by atoms with Crippen LogP contribution in [0.25, 0.3) is 0 Å². The summed E-state index contributed by atoms with van der Waals surface area (Å²) in [7, 11) is 0. The van der Waals surface area contributed by atoms with Crippen molar-refractivity contribution in [1.29, 1.82) is 0 Å². The Morgan fingerprint density at radius 1 is 1.25 bits per heavy atom. The largest absolute Gasteiger partial charge is 0.126 e. The van der Waals surface area contributed by atoms with Crippen LogP contribution in [0.4, 0.5) is 0 Å². The first-order valence-corrected chi connectivity index (χ1v) is 3.76. The molecule has 0 aliphatic heterocycles. The first kappa shape index (κ1) is 8.29. The molecule has 1 heteroatoms. The molecule has 0 aliphatic rings. The molecule has 0 aromatic rings. The van der Waals surface area contributed by atoms with Crippen LogP contribution in [-0.4, -0.2) is 5.88 Å². The average molecular weight is 135 g/mol. The molecule has 8 heavy (non-hydrogen) atoms. The van der Waals surface area contributed by atoms with Gasteiger partial charge >= 0.3 is 0 Å². The van der Waals surface area contributed by atoms with Crippen molar-refractivity contribution in [3.8, 4) is 0 Å². The van der Waals surface area contributed by atoms with Gasteiger partial charge in [0.15, 0.2) is 0 Å². The van der Waals surface area contributed by atoms with Crippen molar-refractivity contribution in [2.45, 2.75) is 27.2 Å². The summed E-state index contributed by atoms with van der Waals surface area (Å²) in [6, 6.07) is 0. The lowest BCUT2D eigenvalue weighted by Gasteiger charge is -2.08. The zero-order chi connectivity index (χ0) is 6.57. The fourth-order valence-corrected chi connectivity index (χ4v) is 0.994. The Morgan fingerprint density at radius 3 is 1.88 bits per heavy atom. The Kier molecular flexibility index (Phi) is 4.35. The predicted molar refractivity (Wildman–Crippen MR) is 39.3 cm³/mol. The van der Waals surface area contributed by atoms with Crippen molar-refractivity contribution in [2.75, 3.05) is 5.88 Å². The number of hydrogen-bond acceptors (Lipinski definition) is 0. The maximum absolute atomic E-state index is 5.60. The summed E-state index contributed by atoms with van der Waals surface area (Å²) in [5.41, 5.74) is 0. The number of alkyl halides is 1. The molecule has 0 aromatic carbocycles. The van der Waals surface area contributed by atoms with Crippen LogP contribution in [0.3, 0.4) is 0 Å². The van der Waals surface area contributed by atoms with Gasteiger partial charge in [0.25, 0.3) is 0 Å².